The number of rotatable bonds is 6. The monoisotopic (exact) mass is 426 g/mol. The van der Waals surface area contributed by atoms with Gasteiger partial charge in [0.15, 0.2) is 0 Å². The molecule has 4 nitrogen and oxygen atoms in total. The lowest BCUT2D eigenvalue weighted by Crippen LogP contribution is -2.19. The lowest BCUT2D eigenvalue weighted by atomic mass is 10.1. The molecule has 4 aromatic rings. The van der Waals surface area contributed by atoms with Crippen LogP contribution < -0.4 is 10.6 Å². The van der Waals surface area contributed by atoms with E-state index in [1.54, 1.807) is 0 Å². The summed E-state index contributed by atoms with van der Waals surface area (Å²) in [6.45, 7) is 1.48. The molecular formula is C26H22N2O2S. The van der Waals surface area contributed by atoms with Gasteiger partial charge in [-0.1, -0.05) is 60.7 Å². The van der Waals surface area contributed by atoms with Gasteiger partial charge in [0.25, 0.3) is 0 Å². The smallest absolute Gasteiger partial charge is 0.242 e. The van der Waals surface area contributed by atoms with E-state index in [-0.39, 0.29) is 11.8 Å². The highest BCUT2D eigenvalue weighted by Crippen LogP contribution is 2.37. The van der Waals surface area contributed by atoms with Gasteiger partial charge in [0.1, 0.15) is 5.25 Å². The quantitative estimate of drug-likeness (QED) is 0.357. The van der Waals surface area contributed by atoms with Crippen LogP contribution in [0.1, 0.15) is 17.7 Å². The van der Waals surface area contributed by atoms with Gasteiger partial charge in [-0.15, -0.1) is 11.8 Å². The molecule has 2 amide bonds. The van der Waals surface area contributed by atoms with Gasteiger partial charge in [-0.05, 0) is 52.7 Å². The van der Waals surface area contributed by atoms with Crippen LogP contribution in [0.3, 0.4) is 0 Å². The van der Waals surface area contributed by atoms with Gasteiger partial charge in [-0.25, -0.2) is 0 Å². The van der Waals surface area contributed by atoms with Crippen molar-refractivity contribution in [2.24, 2.45) is 0 Å². The molecule has 0 radical (unpaired) electrons. The molecule has 0 aliphatic carbocycles. The topological polar surface area (TPSA) is 58.2 Å². The molecule has 1 unspecified atom stereocenters. The predicted molar refractivity (Wildman–Crippen MR) is 128 cm³/mol. The third-order valence-corrected chi connectivity index (χ3v) is 6.05. The molecule has 154 valence electrons. The number of anilines is 2. The first-order valence-corrected chi connectivity index (χ1v) is 10.9. The van der Waals surface area contributed by atoms with Crippen LogP contribution in [0, 0.1) is 0 Å². The van der Waals surface area contributed by atoms with E-state index in [0.717, 1.165) is 32.6 Å². The molecule has 0 aliphatic heterocycles. The molecule has 4 aromatic carbocycles. The van der Waals surface area contributed by atoms with Crippen molar-refractivity contribution in [1.82, 2.24) is 0 Å². The van der Waals surface area contributed by atoms with Crippen LogP contribution in [0.15, 0.2) is 102 Å². The molecule has 31 heavy (non-hydrogen) atoms. The van der Waals surface area contributed by atoms with Crippen molar-refractivity contribution < 1.29 is 9.59 Å². The van der Waals surface area contributed by atoms with Crippen LogP contribution in [0.4, 0.5) is 11.4 Å². The Hall–Kier alpha value is -3.57. The maximum absolute atomic E-state index is 13.3. The van der Waals surface area contributed by atoms with Crippen molar-refractivity contribution in [2.75, 3.05) is 10.6 Å². The molecule has 2 N–H and O–H groups in total. The number of thioether (sulfide) groups is 1. The standard InChI is InChI=1S/C26H22N2O2S/c1-18(29)27-22-13-15-24(16-14-22)31-25(20-8-3-2-4-9-20)26(30)28-23-12-11-19-7-5-6-10-21(19)17-23/h2-17,25H,1H3,(H,27,29)(H,28,30). The van der Waals surface area contributed by atoms with Gasteiger partial charge in [-0.2, -0.15) is 0 Å². The summed E-state index contributed by atoms with van der Waals surface area (Å²) in [5, 5.41) is 7.63. The molecule has 0 fully saturated rings. The highest BCUT2D eigenvalue weighted by molar-refractivity contribution is 8.00. The molecule has 0 spiro atoms. The highest BCUT2D eigenvalue weighted by Gasteiger charge is 2.22. The summed E-state index contributed by atoms with van der Waals surface area (Å²) in [7, 11) is 0. The second-order valence-electron chi connectivity index (χ2n) is 7.17. The molecule has 0 bridgehead atoms. The van der Waals surface area contributed by atoms with Gasteiger partial charge < -0.3 is 10.6 Å². The molecular weight excluding hydrogens is 404 g/mol. The molecule has 0 saturated carbocycles. The van der Waals surface area contributed by atoms with E-state index in [0.29, 0.717) is 0 Å². The Labute approximate surface area is 185 Å². The maximum atomic E-state index is 13.3. The molecule has 4 rings (SSSR count). The Balaban J connectivity index is 1.57. The van der Waals surface area contributed by atoms with E-state index in [9.17, 15) is 9.59 Å². The van der Waals surface area contributed by atoms with Gasteiger partial charge in [-0.3, -0.25) is 9.59 Å². The van der Waals surface area contributed by atoms with Gasteiger partial charge in [0.2, 0.25) is 11.8 Å². The second-order valence-corrected chi connectivity index (χ2v) is 8.34. The highest BCUT2D eigenvalue weighted by atomic mass is 32.2. The minimum atomic E-state index is -0.417. The molecule has 0 saturated heterocycles. The van der Waals surface area contributed by atoms with Crippen molar-refractivity contribution in [3.63, 3.8) is 0 Å². The fraction of sp³-hybridized carbons (Fsp3) is 0.0769. The number of carbonyl (C=O) groups is 2. The summed E-state index contributed by atoms with van der Waals surface area (Å²) in [6, 6.07) is 31.2. The first-order valence-electron chi connectivity index (χ1n) is 9.97. The third-order valence-electron chi connectivity index (χ3n) is 4.79. The summed E-state index contributed by atoms with van der Waals surface area (Å²) in [5.41, 5.74) is 2.43. The molecule has 1 atom stereocenters. The zero-order valence-electron chi connectivity index (χ0n) is 17.0. The van der Waals surface area contributed by atoms with E-state index in [4.69, 9.17) is 0 Å². The first-order chi connectivity index (χ1) is 15.1. The maximum Gasteiger partial charge on any atom is 0.242 e. The van der Waals surface area contributed by atoms with Crippen LogP contribution in [0.2, 0.25) is 0 Å². The molecule has 0 heterocycles. The van der Waals surface area contributed by atoms with Crippen molar-refractivity contribution >= 4 is 45.7 Å². The number of hydrogen-bond acceptors (Lipinski definition) is 3. The van der Waals surface area contributed by atoms with Crippen LogP contribution >= 0.6 is 11.8 Å². The average Bonchev–Trinajstić information content (AvgIpc) is 2.78. The summed E-state index contributed by atoms with van der Waals surface area (Å²) in [6.07, 6.45) is 0. The summed E-state index contributed by atoms with van der Waals surface area (Å²) in [4.78, 5) is 25.5. The lowest BCUT2D eigenvalue weighted by molar-refractivity contribution is -0.116. The van der Waals surface area contributed by atoms with E-state index >= 15 is 0 Å². The van der Waals surface area contributed by atoms with Crippen molar-refractivity contribution in [3.8, 4) is 0 Å². The van der Waals surface area contributed by atoms with Crippen molar-refractivity contribution in [3.05, 3.63) is 103 Å². The SMILES string of the molecule is CC(=O)Nc1ccc(SC(C(=O)Nc2ccc3ccccc3c2)c2ccccc2)cc1. The van der Waals surface area contributed by atoms with Crippen LogP contribution in [0.25, 0.3) is 10.8 Å². The predicted octanol–water partition coefficient (Wildman–Crippen LogP) is 6.27. The van der Waals surface area contributed by atoms with E-state index in [1.165, 1.54) is 18.7 Å². The molecule has 5 heteroatoms. The zero-order valence-corrected chi connectivity index (χ0v) is 17.9. The summed E-state index contributed by atoms with van der Waals surface area (Å²) in [5.74, 6) is -0.199. The van der Waals surface area contributed by atoms with E-state index in [2.05, 4.69) is 10.6 Å². The van der Waals surface area contributed by atoms with Gasteiger partial charge in [0, 0.05) is 23.2 Å². The van der Waals surface area contributed by atoms with Crippen molar-refractivity contribution in [1.29, 1.82) is 0 Å². The van der Waals surface area contributed by atoms with Crippen LogP contribution in [-0.2, 0) is 9.59 Å². The van der Waals surface area contributed by atoms with Crippen LogP contribution in [0.5, 0.6) is 0 Å². The third kappa shape index (κ3) is 5.32. The number of hydrogen-bond donors (Lipinski definition) is 2. The van der Waals surface area contributed by atoms with Crippen LogP contribution in [-0.4, -0.2) is 11.8 Å². The Morgan fingerprint density at radius 2 is 1.35 bits per heavy atom. The van der Waals surface area contributed by atoms with Crippen molar-refractivity contribution in [2.45, 2.75) is 17.1 Å². The summed E-state index contributed by atoms with van der Waals surface area (Å²) >= 11 is 1.48. The first kappa shape index (κ1) is 20.7. The number of carbonyl (C=O) groups excluding carboxylic acids is 2. The van der Waals surface area contributed by atoms with Gasteiger partial charge in [0.05, 0.1) is 0 Å². The zero-order chi connectivity index (χ0) is 21.6. The minimum Gasteiger partial charge on any atom is -0.326 e. The number of nitrogens with one attached hydrogen (secondary N) is 2. The minimum absolute atomic E-state index is 0.0857. The van der Waals surface area contributed by atoms with Gasteiger partial charge >= 0.3 is 0 Å². The Morgan fingerprint density at radius 3 is 2.06 bits per heavy atom. The number of benzene rings is 4. The lowest BCUT2D eigenvalue weighted by Gasteiger charge is -2.17. The molecule has 0 aliphatic rings. The number of fused-ring (bicyclic) bond motifs is 1. The number of amides is 2. The van der Waals surface area contributed by atoms with E-state index < -0.39 is 5.25 Å². The Morgan fingerprint density at radius 1 is 0.710 bits per heavy atom. The average molecular weight is 427 g/mol. The summed E-state index contributed by atoms with van der Waals surface area (Å²) < 4.78 is 0. The molecule has 0 aromatic heterocycles. The van der Waals surface area contributed by atoms with E-state index in [1.807, 2.05) is 97.1 Å². The second kappa shape index (κ2) is 9.49. The Bertz CT molecular complexity index is 1210. The largest absolute Gasteiger partial charge is 0.326 e. The normalized spacial score (nSPS) is 11.6. The fourth-order valence-corrected chi connectivity index (χ4v) is 4.36. The Kier molecular flexibility index (Phi) is 6.34. The fourth-order valence-electron chi connectivity index (χ4n) is 3.33.